The Morgan fingerprint density at radius 1 is 1.04 bits per heavy atom. The van der Waals surface area contributed by atoms with Crippen molar-refractivity contribution in [1.82, 2.24) is 20.0 Å². The van der Waals surface area contributed by atoms with E-state index in [1.807, 2.05) is 35.0 Å². The van der Waals surface area contributed by atoms with Crippen molar-refractivity contribution in [3.05, 3.63) is 51.5 Å². The highest BCUT2D eigenvalue weighted by molar-refractivity contribution is 7.13. The molecule has 0 aliphatic carbocycles. The van der Waals surface area contributed by atoms with Gasteiger partial charge < -0.3 is 8.83 Å². The van der Waals surface area contributed by atoms with Gasteiger partial charge in [0, 0.05) is 0 Å². The number of rotatable bonds is 4. The summed E-state index contributed by atoms with van der Waals surface area (Å²) in [6, 6.07) is 6.99. The quantitative estimate of drug-likeness (QED) is 0.563. The van der Waals surface area contributed by atoms with E-state index in [2.05, 4.69) is 15.3 Å². The summed E-state index contributed by atoms with van der Waals surface area (Å²) in [6.45, 7) is 1.76. The first kappa shape index (κ1) is 14.1. The molecule has 0 bridgehead atoms. The van der Waals surface area contributed by atoms with E-state index in [-0.39, 0.29) is 5.89 Å². The third kappa shape index (κ3) is 2.53. The monoisotopic (exact) mass is 346 g/mol. The first-order chi connectivity index (χ1) is 11.2. The van der Waals surface area contributed by atoms with Gasteiger partial charge in [0.2, 0.25) is 5.89 Å². The van der Waals surface area contributed by atoms with Crippen molar-refractivity contribution in [3.63, 3.8) is 0 Å². The Bertz CT molecular complexity index is 966. The molecule has 0 aliphatic heterocycles. The van der Waals surface area contributed by atoms with Gasteiger partial charge in [0.1, 0.15) is 6.04 Å². The molecule has 1 atom stereocenters. The lowest BCUT2D eigenvalue weighted by molar-refractivity contribution is 0.391. The Labute approximate surface area is 137 Å². The number of hydrogen-bond acceptors (Lipinski definition) is 8. The molecule has 0 saturated carbocycles. The zero-order valence-corrected chi connectivity index (χ0v) is 13.5. The molecule has 0 radical (unpaired) electrons. The van der Waals surface area contributed by atoms with Gasteiger partial charge in [-0.15, -0.1) is 38.0 Å². The summed E-state index contributed by atoms with van der Waals surface area (Å²) in [5.41, 5.74) is 0. The van der Waals surface area contributed by atoms with Crippen LogP contribution in [0, 0.1) is 0 Å². The average Bonchev–Trinajstić information content (AvgIpc) is 3.31. The summed E-state index contributed by atoms with van der Waals surface area (Å²) < 4.78 is 12.1. The van der Waals surface area contributed by atoms with Crippen molar-refractivity contribution in [3.8, 4) is 21.5 Å². The van der Waals surface area contributed by atoms with Crippen LogP contribution in [0.3, 0.4) is 0 Å². The van der Waals surface area contributed by atoms with Crippen LogP contribution in [-0.2, 0) is 0 Å². The van der Waals surface area contributed by atoms with Crippen LogP contribution in [0.1, 0.15) is 18.9 Å². The highest BCUT2D eigenvalue weighted by Gasteiger charge is 2.22. The minimum Gasteiger partial charge on any atom is -0.418 e. The van der Waals surface area contributed by atoms with Crippen molar-refractivity contribution < 1.29 is 8.83 Å². The molecular weight excluding hydrogens is 336 g/mol. The average molecular weight is 346 g/mol. The maximum atomic E-state index is 12.0. The highest BCUT2D eigenvalue weighted by Crippen LogP contribution is 2.26. The fraction of sp³-hybridized carbons (Fsp3) is 0.143. The Morgan fingerprint density at radius 3 is 2.39 bits per heavy atom. The number of hydrogen-bond donors (Lipinski definition) is 0. The second-order valence-corrected chi connectivity index (χ2v) is 6.59. The summed E-state index contributed by atoms with van der Waals surface area (Å²) in [6.07, 6.45) is 0. The van der Waals surface area contributed by atoms with Crippen LogP contribution in [-0.4, -0.2) is 20.0 Å². The lowest BCUT2D eigenvalue weighted by atomic mass is 10.3. The third-order valence-electron chi connectivity index (χ3n) is 3.20. The Hall–Kier alpha value is -2.52. The normalized spacial score (nSPS) is 12.6. The molecule has 0 N–H and O–H groups in total. The molecule has 0 spiro atoms. The maximum Gasteiger partial charge on any atom is 0.438 e. The van der Waals surface area contributed by atoms with Gasteiger partial charge in [0.25, 0.3) is 11.8 Å². The summed E-state index contributed by atoms with van der Waals surface area (Å²) >= 11 is 2.95. The zero-order chi connectivity index (χ0) is 15.8. The van der Waals surface area contributed by atoms with E-state index in [0.717, 1.165) is 9.75 Å². The third-order valence-corrected chi connectivity index (χ3v) is 4.91. The largest absolute Gasteiger partial charge is 0.438 e. The van der Waals surface area contributed by atoms with E-state index >= 15 is 0 Å². The number of aromatic nitrogens is 4. The molecule has 0 unspecified atom stereocenters. The first-order valence-electron chi connectivity index (χ1n) is 6.73. The van der Waals surface area contributed by atoms with E-state index in [4.69, 9.17) is 8.83 Å². The smallest absolute Gasteiger partial charge is 0.418 e. The van der Waals surface area contributed by atoms with E-state index in [0.29, 0.717) is 11.8 Å². The van der Waals surface area contributed by atoms with Crippen LogP contribution in [0.5, 0.6) is 0 Å². The minimum absolute atomic E-state index is 0.287. The second kappa shape index (κ2) is 5.60. The molecule has 4 aromatic rings. The minimum atomic E-state index is -0.559. The van der Waals surface area contributed by atoms with Gasteiger partial charge in [-0.25, -0.2) is 4.79 Å². The zero-order valence-electron chi connectivity index (χ0n) is 11.9. The molecule has 23 heavy (non-hydrogen) atoms. The summed E-state index contributed by atoms with van der Waals surface area (Å²) in [4.78, 5) is 13.7. The predicted octanol–water partition coefficient (Wildman–Crippen LogP) is 3.29. The SMILES string of the molecule is C[C@H](c1nnc(-c2cccs2)o1)n1nc(-c2cccs2)oc1=O. The van der Waals surface area contributed by atoms with Gasteiger partial charge in [0.05, 0.1) is 9.75 Å². The van der Waals surface area contributed by atoms with Crippen LogP contribution >= 0.6 is 22.7 Å². The second-order valence-electron chi connectivity index (χ2n) is 4.69. The van der Waals surface area contributed by atoms with E-state index in [9.17, 15) is 4.79 Å². The molecular formula is C14H10N4O3S2. The van der Waals surface area contributed by atoms with E-state index < -0.39 is 11.8 Å². The van der Waals surface area contributed by atoms with Crippen LogP contribution in [0.25, 0.3) is 21.5 Å². The van der Waals surface area contributed by atoms with Crippen molar-refractivity contribution >= 4 is 22.7 Å². The highest BCUT2D eigenvalue weighted by atomic mass is 32.1. The van der Waals surface area contributed by atoms with E-state index in [1.54, 1.807) is 6.92 Å². The number of nitrogens with zero attached hydrogens (tertiary/aromatic N) is 4. The molecule has 0 aliphatic rings. The van der Waals surface area contributed by atoms with Crippen LogP contribution in [0.4, 0.5) is 0 Å². The summed E-state index contributed by atoms with van der Waals surface area (Å²) in [5, 5.41) is 16.1. The van der Waals surface area contributed by atoms with Gasteiger partial charge in [-0.2, -0.15) is 4.68 Å². The van der Waals surface area contributed by atoms with Crippen molar-refractivity contribution in [2.45, 2.75) is 13.0 Å². The molecule has 7 nitrogen and oxygen atoms in total. The van der Waals surface area contributed by atoms with Crippen LogP contribution in [0.15, 0.2) is 48.7 Å². The van der Waals surface area contributed by atoms with Gasteiger partial charge in [-0.05, 0) is 29.8 Å². The summed E-state index contributed by atoms with van der Waals surface area (Å²) in [7, 11) is 0. The Balaban J connectivity index is 1.67. The number of thiophene rings is 2. The standard InChI is InChI=1S/C14H10N4O3S2/c1-8(11-15-16-12(20-11)9-4-2-6-22-9)18-14(19)21-13(17-18)10-5-3-7-23-10/h2-8H,1H3/t8-/m1/s1. The topological polar surface area (TPSA) is 86.9 Å². The van der Waals surface area contributed by atoms with Crippen molar-refractivity contribution in [2.75, 3.05) is 0 Å². The molecule has 116 valence electrons. The van der Waals surface area contributed by atoms with Crippen LogP contribution < -0.4 is 5.76 Å². The molecule has 0 saturated heterocycles. The van der Waals surface area contributed by atoms with Gasteiger partial charge in [-0.3, -0.25) is 0 Å². The fourth-order valence-corrected chi connectivity index (χ4v) is 3.33. The van der Waals surface area contributed by atoms with Gasteiger partial charge in [0.15, 0.2) is 0 Å². The molecule has 0 amide bonds. The summed E-state index contributed by atoms with van der Waals surface area (Å²) in [5.74, 6) is 0.463. The Kier molecular flexibility index (Phi) is 3.43. The molecule has 9 heteroatoms. The molecule has 0 fully saturated rings. The van der Waals surface area contributed by atoms with Gasteiger partial charge in [-0.1, -0.05) is 12.1 Å². The first-order valence-corrected chi connectivity index (χ1v) is 8.49. The maximum absolute atomic E-state index is 12.0. The fourth-order valence-electron chi connectivity index (χ4n) is 2.04. The lowest BCUT2D eigenvalue weighted by Gasteiger charge is -2.03. The van der Waals surface area contributed by atoms with Crippen LogP contribution in [0.2, 0.25) is 0 Å². The molecule has 4 aromatic heterocycles. The molecule has 4 rings (SSSR count). The Morgan fingerprint density at radius 2 is 1.74 bits per heavy atom. The van der Waals surface area contributed by atoms with Gasteiger partial charge >= 0.3 is 5.76 Å². The van der Waals surface area contributed by atoms with Crippen molar-refractivity contribution in [1.29, 1.82) is 0 Å². The molecule has 0 aromatic carbocycles. The molecule has 4 heterocycles. The van der Waals surface area contributed by atoms with Crippen molar-refractivity contribution in [2.24, 2.45) is 0 Å². The lowest BCUT2D eigenvalue weighted by Crippen LogP contribution is -2.21. The van der Waals surface area contributed by atoms with E-state index in [1.165, 1.54) is 27.4 Å². The predicted molar refractivity (Wildman–Crippen MR) is 85.5 cm³/mol.